The van der Waals surface area contributed by atoms with Crippen LogP contribution in [0.15, 0.2) is 60.7 Å². The Bertz CT molecular complexity index is 1200. The van der Waals surface area contributed by atoms with Gasteiger partial charge < -0.3 is 20.2 Å². The average Bonchev–Trinajstić information content (AvgIpc) is 3.31. The van der Waals surface area contributed by atoms with E-state index in [0.717, 1.165) is 25.2 Å². The third kappa shape index (κ3) is 3.01. The van der Waals surface area contributed by atoms with Crippen LogP contribution in [-0.4, -0.2) is 53.9 Å². The molecular formula is C27H28FN3O2. The van der Waals surface area contributed by atoms with Crippen LogP contribution in [0.25, 0.3) is 10.8 Å². The molecule has 2 saturated heterocycles. The number of hydrogen-bond acceptors (Lipinski definition) is 4. The zero-order valence-corrected chi connectivity index (χ0v) is 18.5. The third-order valence-electron chi connectivity index (χ3n) is 7.80. The number of carbonyl (C=O) groups is 1. The molecule has 2 unspecified atom stereocenters. The number of hydrogen-bond donors (Lipinski definition) is 2. The van der Waals surface area contributed by atoms with Crippen molar-refractivity contribution in [2.75, 3.05) is 31.1 Å². The SMILES string of the molecule is O=C1N(CCO)C(C2Cc3cccc4cccc2c34)N(c2ccc(F)cc2)C12CCNCC2. The maximum absolute atomic E-state index is 14.1. The first-order valence-corrected chi connectivity index (χ1v) is 11.8. The van der Waals surface area contributed by atoms with E-state index in [9.17, 15) is 14.3 Å². The summed E-state index contributed by atoms with van der Waals surface area (Å²) in [6, 6.07) is 19.4. The van der Waals surface area contributed by atoms with Crippen molar-refractivity contribution < 1.29 is 14.3 Å². The zero-order chi connectivity index (χ0) is 22.6. The first-order valence-electron chi connectivity index (χ1n) is 11.8. The van der Waals surface area contributed by atoms with E-state index in [2.05, 4.69) is 46.6 Å². The summed E-state index contributed by atoms with van der Waals surface area (Å²) in [5.74, 6) is -0.137. The molecule has 3 aliphatic rings. The lowest BCUT2D eigenvalue weighted by molar-refractivity contribution is -0.134. The number of amides is 1. The van der Waals surface area contributed by atoms with E-state index in [1.807, 2.05) is 4.90 Å². The molecule has 33 heavy (non-hydrogen) atoms. The Hall–Kier alpha value is -2.96. The molecule has 2 heterocycles. The first-order chi connectivity index (χ1) is 16.1. The second-order valence-corrected chi connectivity index (χ2v) is 9.44. The van der Waals surface area contributed by atoms with Gasteiger partial charge in [0.15, 0.2) is 0 Å². The minimum Gasteiger partial charge on any atom is -0.395 e. The van der Waals surface area contributed by atoms with Gasteiger partial charge in [0.1, 0.15) is 17.5 Å². The quantitative estimate of drug-likeness (QED) is 0.646. The number of aliphatic hydroxyl groups is 1. The van der Waals surface area contributed by atoms with E-state index in [4.69, 9.17) is 0 Å². The Morgan fingerprint density at radius 3 is 2.48 bits per heavy atom. The lowest BCUT2D eigenvalue weighted by Gasteiger charge is -2.44. The number of benzene rings is 3. The maximum Gasteiger partial charge on any atom is 0.250 e. The van der Waals surface area contributed by atoms with E-state index in [0.29, 0.717) is 19.4 Å². The summed E-state index contributed by atoms with van der Waals surface area (Å²) in [5.41, 5.74) is 2.72. The molecule has 5 nitrogen and oxygen atoms in total. The zero-order valence-electron chi connectivity index (χ0n) is 18.5. The molecule has 3 aromatic rings. The van der Waals surface area contributed by atoms with Crippen molar-refractivity contribution in [2.24, 2.45) is 0 Å². The predicted molar refractivity (Wildman–Crippen MR) is 127 cm³/mol. The molecule has 0 bridgehead atoms. The minimum atomic E-state index is -0.689. The lowest BCUT2D eigenvalue weighted by Crippen LogP contribution is -2.57. The number of rotatable bonds is 4. The lowest BCUT2D eigenvalue weighted by atomic mass is 9.85. The van der Waals surface area contributed by atoms with E-state index in [1.54, 1.807) is 12.1 Å². The standard InChI is InChI=1S/C27H28FN3O2/c28-20-7-9-21(10-8-20)31-25(30(15-16-32)26(33)27(31)11-13-29-14-12-27)23-17-19-5-1-3-18-4-2-6-22(23)24(18)19/h1-10,23,25,29,32H,11-17H2. The van der Waals surface area contributed by atoms with Crippen molar-refractivity contribution in [1.29, 1.82) is 0 Å². The third-order valence-corrected chi connectivity index (χ3v) is 7.80. The molecule has 6 heteroatoms. The summed E-state index contributed by atoms with van der Waals surface area (Å²) >= 11 is 0. The number of anilines is 1. The van der Waals surface area contributed by atoms with Crippen LogP contribution in [0.1, 0.15) is 29.9 Å². The monoisotopic (exact) mass is 445 g/mol. The Morgan fingerprint density at radius 2 is 1.76 bits per heavy atom. The highest BCUT2D eigenvalue weighted by Crippen LogP contribution is 2.50. The van der Waals surface area contributed by atoms with Crippen LogP contribution >= 0.6 is 0 Å². The van der Waals surface area contributed by atoms with Gasteiger partial charge in [0, 0.05) is 18.2 Å². The Labute approximate surface area is 192 Å². The molecule has 2 aliphatic heterocycles. The van der Waals surface area contributed by atoms with Crippen LogP contribution in [0.4, 0.5) is 10.1 Å². The summed E-state index contributed by atoms with van der Waals surface area (Å²) in [7, 11) is 0. The Morgan fingerprint density at radius 1 is 1.03 bits per heavy atom. The number of halogens is 1. The fourth-order valence-corrected chi connectivity index (χ4v) is 6.46. The van der Waals surface area contributed by atoms with Crippen molar-refractivity contribution in [3.05, 3.63) is 77.6 Å². The summed E-state index contributed by atoms with van der Waals surface area (Å²) in [6.07, 6.45) is 1.96. The van der Waals surface area contributed by atoms with Crippen LogP contribution in [-0.2, 0) is 11.2 Å². The van der Waals surface area contributed by atoms with E-state index >= 15 is 0 Å². The molecule has 0 radical (unpaired) electrons. The summed E-state index contributed by atoms with van der Waals surface area (Å²) < 4.78 is 13.9. The molecule has 2 N–H and O–H groups in total. The van der Waals surface area contributed by atoms with E-state index in [1.165, 1.54) is 34.0 Å². The number of aliphatic hydroxyl groups excluding tert-OH is 1. The Kier molecular flexibility index (Phi) is 4.89. The van der Waals surface area contributed by atoms with Crippen LogP contribution in [0, 0.1) is 5.82 Å². The molecule has 170 valence electrons. The number of piperidine rings is 1. The smallest absolute Gasteiger partial charge is 0.250 e. The van der Waals surface area contributed by atoms with Crippen LogP contribution in [0.5, 0.6) is 0 Å². The van der Waals surface area contributed by atoms with Gasteiger partial charge in [-0.3, -0.25) is 4.79 Å². The van der Waals surface area contributed by atoms with Crippen molar-refractivity contribution in [1.82, 2.24) is 10.2 Å². The minimum absolute atomic E-state index is 0.0703. The van der Waals surface area contributed by atoms with Gasteiger partial charge in [0.2, 0.25) is 5.91 Å². The largest absolute Gasteiger partial charge is 0.395 e. The predicted octanol–water partition coefficient (Wildman–Crippen LogP) is 3.41. The van der Waals surface area contributed by atoms with Gasteiger partial charge in [-0.15, -0.1) is 0 Å². The van der Waals surface area contributed by atoms with Crippen molar-refractivity contribution in [3.8, 4) is 0 Å². The highest BCUT2D eigenvalue weighted by molar-refractivity contribution is 5.96. The van der Waals surface area contributed by atoms with E-state index < -0.39 is 5.54 Å². The Balaban J connectivity index is 1.54. The molecule has 6 rings (SSSR count). The number of carbonyl (C=O) groups excluding carboxylic acids is 1. The molecule has 0 saturated carbocycles. The molecule has 1 spiro atoms. The number of nitrogens with one attached hydrogen (secondary N) is 1. The van der Waals surface area contributed by atoms with Gasteiger partial charge in [-0.25, -0.2) is 4.39 Å². The first kappa shape index (κ1) is 20.6. The fourth-order valence-electron chi connectivity index (χ4n) is 6.46. The fraction of sp³-hybridized carbons (Fsp3) is 0.370. The molecular weight excluding hydrogens is 417 g/mol. The highest BCUT2D eigenvalue weighted by Gasteiger charge is 2.59. The topological polar surface area (TPSA) is 55.8 Å². The highest BCUT2D eigenvalue weighted by atomic mass is 19.1. The van der Waals surface area contributed by atoms with Gasteiger partial charge in [0.05, 0.1) is 6.61 Å². The van der Waals surface area contributed by atoms with Gasteiger partial charge in [-0.1, -0.05) is 36.4 Å². The van der Waals surface area contributed by atoms with Crippen LogP contribution in [0.3, 0.4) is 0 Å². The molecule has 1 aliphatic carbocycles. The van der Waals surface area contributed by atoms with Gasteiger partial charge in [0.25, 0.3) is 0 Å². The molecule has 1 amide bonds. The average molecular weight is 446 g/mol. The van der Waals surface area contributed by atoms with Crippen molar-refractivity contribution in [2.45, 2.75) is 36.9 Å². The van der Waals surface area contributed by atoms with Gasteiger partial charge in [-0.05, 0) is 78.5 Å². The summed E-state index contributed by atoms with van der Waals surface area (Å²) in [4.78, 5) is 18.2. The molecule has 3 aromatic carbocycles. The van der Waals surface area contributed by atoms with Gasteiger partial charge in [-0.2, -0.15) is 0 Å². The van der Waals surface area contributed by atoms with Crippen molar-refractivity contribution in [3.63, 3.8) is 0 Å². The normalized spacial score (nSPS) is 23.8. The van der Waals surface area contributed by atoms with Crippen LogP contribution < -0.4 is 10.2 Å². The molecule has 2 atom stereocenters. The van der Waals surface area contributed by atoms with E-state index in [-0.39, 0.29) is 30.4 Å². The number of β-amino-alcohol motifs (C(OH)–C–C–N with tert-alkyl or cyclic N) is 1. The van der Waals surface area contributed by atoms with Crippen molar-refractivity contribution >= 4 is 22.4 Å². The molecule has 0 aromatic heterocycles. The maximum atomic E-state index is 14.1. The number of nitrogens with zero attached hydrogens (tertiary/aromatic N) is 2. The second kappa shape index (κ2) is 7.82. The van der Waals surface area contributed by atoms with Crippen LogP contribution in [0.2, 0.25) is 0 Å². The van der Waals surface area contributed by atoms with Gasteiger partial charge >= 0.3 is 0 Å². The summed E-state index contributed by atoms with van der Waals surface area (Å²) in [6.45, 7) is 1.71. The summed E-state index contributed by atoms with van der Waals surface area (Å²) in [5, 5.41) is 15.8. The second-order valence-electron chi connectivity index (χ2n) is 9.44. The molecule has 2 fully saturated rings.